The Morgan fingerprint density at radius 1 is 0.500 bits per heavy atom. The summed E-state index contributed by atoms with van der Waals surface area (Å²) in [6.07, 6.45) is 54.7. The summed E-state index contributed by atoms with van der Waals surface area (Å²) >= 11 is 0. The highest BCUT2D eigenvalue weighted by Crippen LogP contribution is 2.12. The number of carbonyl (C=O) groups excluding carboxylic acids is 2. The lowest BCUT2D eigenvalue weighted by Crippen LogP contribution is -2.40. The number of aliphatic carboxylic acids is 1. The van der Waals surface area contributed by atoms with Crippen molar-refractivity contribution in [2.24, 2.45) is 0 Å². The van der Waals surface area contributed by atoms with E-state index in [4.69, 9.17) is 18.9 Å². The van der Waals surface area contributed by atoms with Gasteiger partial charge in [0.25, 0.3) is 6.29 Å². The Morgan fingerprint density at radius 2 is 0.919 bits per heavy atom. The first-order valence-electron chi connectivity index (χ1n) is 23.9. The molecule has 0 radical (unpaired) electrons. The lowest BCUT2D eigenvalue weighted by Gasteiger charge is -2.25. The van der Waals surface area contributed by atoms with Crippen molar-refractivity contribution in [3.63, 3.8) is 0 Å². The van der Waals surface area contributed by atoms with Crippen molar-refractivity contribution in [1.82, 2.24) is 0 Å². The van der Waals surface area contributed by atoms with E-state index in [-0.39, 0.29) is 38.6 Å². The molecule has 0 aromatic rings. The molecule has 0 aliphatic carbocycles. The highest BCUT2D eigenvalue weighted by Gasteiger charge is 2.25. The molecule has 0 rings (SSSR count). The first-order chi connectivity index (χ1) is 30.1. The predicted molar refractivity (Wildman–Crippen MR) is 258 cm³/mol. The van der Waals surface area contributed by atoms with E-state index in [1.807, 2.05) is 21.1 Å². The Morgan fingerprint density at radius 3 is 1.40 bits per heavy atom. The Labute approximate surface area is 378 Å². The third kappa shape index (κ3) is 44.3. The van der Waals surface area contributed by atoms with Crippen molar-refractivity contribution >= 4 is 17.9 Å². The first-order valence-corrected chi connectivity index (χ1v) is 23.9. The van der Waals surface area contributed by atoms with Crippen molar-refractivity contribution in [1.29, 1.82) is 0 Å². The number of carbonyl (C=O) groups is 3. The molecular weight excluding hydrogens is 779 g/mol. The van der Waals surface area contributed by atoms with Gasteiger partial charge in [-0.1, -0.05) is 150 Å². The van der Waals surface area contributed by atoms with Gasteiger partial charge in [0, 0.05) is 12.8 Å². The topological polar surface area (TPSA) is 108 Å². The molecule has 9 nitrogen and oxygen atoms in total. The number of carboxylic acids is 1. The maximum Gasteiger partial charge on any atom is 0.361 e. The molecule has 352 valence electrons. The smallest absolute Gasteiger partial charge is 0.361 e. The molecular formula is C53H88NO8+. The molecule has 1 N–H and O–H groups in total. The number of unbranched alkanes of at least 4 members (excludes halogenated alkanes) is 11. The quantitative estimate of drug-likeness (QED) is 0.0212. The van der Waals surface area contributed by atoms with E-state index < -0.39 is 24.3 Å². The monoisotopic (exact) mass is 867 g/mol. The van der Waals surface area contributed by atoms with E-state index in [9.17, 15) is 19.5 Å². The lowest BCUT2D eigenvalue weighted by molar-refractivity contribution is -0.870. The molecule has 0 aromatic heterocycles. The van der Waals surface area contributed by atoms with Crippen LogP contribution < -0.4 is 0 Å². The molecule has 0 bridgehead atoms. The normalized spacial score (nSPS) is 13.8. The van der Waals surface area contributed by atoms with E-state index in [2.05, 4.69) is 111 Å². The maximum absolute atomic E-state index is 12.8. The number of esters is 2. The summed E-state index contributed by atoms with van der Waals surface area (Å²) in [5, 5.41) is 9.64. The summed E-state index contributed by atoms with van der Waals surface area (Å²) in [6.45, 7) is 4.65. The molecule has 9 heteroatoms. The molecule has 2 unspecified atom stereocenters. The molecule has 62 heavy (non-hydrogen) atoms. The Kier molecular flexibility index (Phi) is 41.2. The van der Waals surface area contributed by atoms with E-state index in [0.29, 0.717) is 17.4 Å². The van der Waals surface area contributed by atoms with Crippen LogP contribution in [0.2, 0.25) is 0 Å². The zero-order valence-electron chi connectivity index (χ0n) is 39.7. The zero-order chi connectivity index (χ0) is 45.6. The summed E-state index contributed by atoms with van der Waals surface area (Å²) in [5.74, 6) is -2.08. The van der Waals surface area contributed by atoms with Gasteiger partial charge >= 0.3 is 17.9 Å². The van der Waals surface area contributed by atoms with Crippen molar-refractivity contribution in [3.05, 3.63) is 97.2 Å². The standard InChI is InChI=1S/C53H87NO8/c1-6-8-10-12-14-16-18-20-21-22-23-24-25-26-27-28-29-30-31-32-34-36-38-40-42-44-51(56)62-49(48-61-53(52(57)58)59-46-45-54(3,4)5)47-60-50(55)43-41-39-37-35-33-19-17-15-13-11-9-7-2/h8,10,14-17,20-21,23-24,26-27,29-30,32,34,49,53H,6-7,9,11-13,18-19,22,25,28,31,33,35-48H2,1-5H3/p+1/b10-8-,16-14-,17-15-,21-20-,24-23-,27-26-,30-29-,34-32-. The highest BCUT2D eigenvalue weighted by atomic mass is 16.7. The molecule has 0 aliphatic rings. The summed E-state index contributed by atoms with van der Waals surface area (Å²) in [6, 6.07) is 0. The maximum atomic E-state index is 12.8. The van der Waals surface area contributed by atoms with Crippen LogP contribution in [0.1, 0.15) is 162 Å². The first kappa shape index (κ1) is 58.2. The number of ether oxygens (including phenoxy) is 4. The number of hydrogen-bond donors (Lipinski definition) is 1. The van der Waals surface area contributed by atoms with E-state index in [1.54, 1.807) is 0 Å². The van der Waals surface area contributed by atoms with E-state index in [0.717, 1.165) is 103 Å². The SMILES string of the molecule is CC/C=C\C/C=C\C/C=C\C/C=C\C/C=C\C/C=C\C/C=C\CCCCCC(=O)OC(COC(=O)CCCCCCC/C=C\CCCCC)COC(OCC[N+](C)(C)C)C(=O)O. The average molecular weight is 867 g/mol. The molecule has 2 atom stereocenters. The van der Waals surface area contributed by atoms with Gasteiger partial charge in [-0.05, 0) is 96.3 Å². The summed E-state index contributed by atoms with van der Waals surface area (Å²) < 4.78 is 22.7. The third-order valence-electron chi connectivity index (χ3n) is 9.57. The van der Waals surface area contributed by atoms with Crippen LogP contribution in [0.4, 0.5) is 0 Å². The molecule has 0 aliphatic heterocycles. The van der Waals surface area contributed by atoms with Crippen LogP contribution in [0.3, 0.4) is 0 Å². The molecule has 0 fully saturated rings. The Bertz CT molecular complexity index is 1330. The fourth-order valence-electron chi connectivity index (χ4n) is 5.87. The molecule has 0 aromatic carbocycles. The van der Waals surface area contributed by atoms with Crippen LogP contribution in [0.25, 0.3) is 0 Å². The van der Waals surface area contributed by atoms with Crippen LogP contribution >= 0.6 is 0 Å². The number of likely N-dealkylation sites (N-methyl/N-ethyl adjacent to an activating group) is 1. The second-order valence-electron chi connectivity index (χ2n) is 16.7. The van der Waals surface area contributed by atoms with Gasteiger partial charge in [0.05, 0.1) is 34.4 Å². The minimum Gasteiger partial charge on any atom is -0.477 e. The van der Waals surface area contributed by atoms with Crippen molar-refractivity contribution in [2.45, 2.75) is 174 Å². The fraction of sp³-hybridized carbons (Fsp3) is 0.642. The highest BCUT2D eigenvalue weighted by molar-refractivity contribution is 5.71. The average Bonchev–Trinajstić information content (AvgIpc) is 3.23. The van der Waals surface area contributed by atoms with Gasteiger partial charge in [0.2, 0.25) is 0 Å². The lowest BCUT2D eigenvalue weighted by atomic mass is 10.1. The summed E-state index contributed by atoms with van der Waals surface area (Å²) in [7, 11) is 5.93. The van der Waals surface area contributed by atoms with E-state index >= 15 is 0 Å². The molecule has 0 amide bonds. The molecule has 0 heterocycles. The fourth-order valence-corrected chi connectivity index (χ4v) is 5.87. The second kappa shape index (κ2) is 43.8. The van der Waals surface area contributed by atoms with Crippen LogP contribution in [-0.4, -0.2) is 87.4 Å². The number of quaternary nitrogens is 1. The van der Waals surface area contributed by atoms with Crippen LogP contribution in [0.15, 0.2) is 97.2 Å². The number of carboxylic acid groups (broad SMARTS) is 1. The van der Waals surface area contributed by atoms with Gasteiger partial charge in [0.1, 0.15) is 13.2 Å². The van der Waals surface area contributed by atoms with Gasteiger partial charge < -0.3 is 28.5 Å². The number of nitrogens with zero attached hydrogens (tertiary/aromatic N) is 1. The number of rotatable bonds is 42. The van der Waals surface area contributed by atoms with Crippen molar-refractivity contribution < 1.29 is 42.9 Å². The number of hydrogen-bond acceptors (Lipinski definition) is 7. The Balaban J connectivity index is 4.47. The minimum absolute atomic E-state index is 0.174. The summed E-state index contributed by atoms with van der Waals surface area (Å²) in [5.41, 5.74) is 0. The van der Waals surface area contributed by atoms with Gasteiger partial charge in [-0.2, -0.15) is 0 Å². The number of allylic oxidation sites excluding steroid dienone is 16. The Hall–Kier alpha value is -3.79. The minimum atomic E-state index is -1.53. The molecule has 0 spiro atoms. The van der Waals surface area contributed by atoms with Crippen molar-refractivity contribution in [2.75, 3.05) is 47.5 Å². The van der Waals surface area contributed by atoms with Crippen LogP contribution in [0, 0.1) is 0 Å². The van der Waals surface area contributed by atoms with Gasteiger partial charge in [-0.15, -0.1) is 0 Å². The van der Waals surface area contributed by atoms with Gasteiger partial charge in [0.15, 0.2) is 6.10 Å². The van der Waals surface area contributed by atoms with Crippen LogP contribution in [0.5, 0.6) is 0 Å². The van der Waals surface area contributed by atoms with E-state index in [1.165, 1.54) is 25.7 Å². The third-order valence-corrected chi connectivity index (χ3v) is 9.57. The largest absolute Gasteiger partial charge is 0.477 e. The molecule has 0 saturated heterocycles. The predicted octanol–water partition coefficient (Wildman–Crippen LogP) is 13.1. The van der Waals surface area contributed by atoms with Crippen molar-refractivity contribution in [3.8, 4) is 0 Å². The van der Waals surface area contributed by atoms with Crippen LogP contribution in [-0.2, 0) is 33.3 Å². The van der Waals surface area contributed by atoms with Gasteiger partial charge in [-0.3, -0.25) is 9.59 Å². The van der Waals surface area contributed by atoms with Gasteiger partial charge in [-0.25, -0.2) is 4.79 Å². The zero-order valence-corrected chi connectivity index (χ0v) is 39.7. The second-order valence-corrected chi connectivity index (χ2v) is 16.7. The summed E-state index contributed by atoms with van der Waals surface area (Å²) in [4.78, 5) is 37.1. The molecule has 0 saturated carbocycles.